The fourth-order valence-electron chi connectivity index (χ4n) is 1.38. The van der Waals surface area contributed by atoms with E-state index in [4.69, 9.17) is 14.9 Å². The van der Waals surface area contributed by atoms with Gasteiger partial charge in [-0.25, -0.2) is 9.18 Å². The molecule has 1 aromatic carbocycles. The van der Waals surface area contributed by atoms with E-state index in [0.717, 1.165) is 12.1 Å². The van der Waals surface area contributed by atoms with Gasteiger partial charge in [0, 0.05) is 12.8 Å². The summed E-state index contributed by atoms with van der Waals surface area (Å²) in [5.41, 5.74) is 0.0644. The third-order valence-corrected chi connectivity index (χ3v) is 2.16. The van der Waals surface area contributed by atoms with Crippen LogP contribution in [0.2, 0.25) is 0 Å². The summed E-state index contributed by atoms with van der Waals surface area (Å²) in [6.45, 7) is -0.00277. The Kier molecular flexibility index (Phi) is 4.86. The molecule has 0 spiro atoms. The summed E-state index contributed by atoms with van der Waals surface area (Å²) in [5.74, 6) is -1.86. The van der Waals surface area contributed by atoms with Gasteiger partial charge in [-0.2, -0.15) is 0 Å². The summed E-state index contributed by atoms with van der Waals surface area (Å²) < 4.78 is 17.8. The van der Waals surface area contributed by atoms with E-state index in [1.807, 2.05) is 0 Å². The van der Waals surface area contributed by atoms with Gasteiger partial charge in [-0.3, -0.25) is 0 Å². The Labute approximate surface area is 97.8 Å². The molecule has 0 aromatic heterocycles. The summed E-state index contributed by atoms with van der Waals surface area (Å²) >= 11 is 0. The van der Waals surface area contributed by atoms with E-state index in [0.29, 0.717) is 0 Å². The van der Waals surface area contributed by atoms with Gasteiger partial charge >= 0.3 is 5.97 Å². The van der Waals surface area contributed by atoms with Crippen LogP contribution in [-0.4, -0.2) is 42.5 Å². The third-order valence-electron chi connectivity index (χ3n) is 2.16. The van der Waals surface area contributed by atoms with Crippen LogP contribution >= 0.6 is 0 Å². The normalized spacial score (nSPS) is 12.2. The molecule has 0 aliphatic heterocycles. The number of halogens is 1. The Bertz CT molecular complexity index is 397. The maximum Gasteiger partial charge on any atom is 0.337 e. The molecule has 0 saturated heterocycles. The van der Waals surface area contributed by atoms with Gasteiger partial charge in [0.05, 0.1) is 24.8 Å². The molecule has 1 rings (SSSR count). The number of ether oxygens (including phenoxy) is 1. The molecule has 1 unspecified atom stereocenters. The van der Waals surface area contributed by atoms with Gasteiger partial charge in [0.25, 0.3) is 0 Å². The van der Waals surface area contributed by atoms with E-state index < -0.39 is 17.8 Å². The number of carboxylic acids is 1. The fourth-order valence-corrected chi connectivity index (χ4v) is 1.38. The first-order chi connectivity index (χ1) is 8.08. The Balaban J connectivity index is 2.92. The van der Waals surface area contributed by atoms with E-state index in [2.05, 4.69) is 5.32 Å². The van der Waals surface area contributed by atoms with Crippen LogP contribution in [0.4, 0.5) is 10.1 Å². The van der Waals surface area contributed by atoms with Crippen molar-refractivity contribution in [3.05, 3.63) is 29.6 Å². The average Bonchev–Trinajstić information content (AvgIpc) is 2.30. The van der Waals surface area contributed by atoms with Crippen LogP contribution in [0.3, 0.4) is 0 Å². The van der Waals surface area contributed by atoms with Gasteiger partial charge in [0.15, 0.2) is 0 Å². The molecule has 0 heterocycles. The van der Waals surface area contributed by atoms with E-state index in [1.165, 1.54) is 13.2 Å². The second kappa shape index (κ2) is 6.17. The van der Waals surface area contributed by atoms with Crippen LogP contribution in [0.1, 0.15) is 10.4 Å². The largest absolute Gasteiger partial charge is 0.478 e. The predicted molar refractivity (Wildman–Crippen MR) is 59.7 cm³/mol. The standard InChI is InChI=1S/C11H14FNO4/c1-17-6-8(5-14)13-10-3-2-7(12)4-9(10)11(15)16/h2-4,8,13-14H,5-6H2,1H3,(H,15,16). The van der Waals surface area contributed by atoms with Crippen molar-refractivity contribution in [1.29, 1.82) is 0 Å². The van der Waals surface area contributed by atoms with E-state index in [1.54, 1.807) is 0 Å². The summed E-state index contributed by atoms with van der Waals surface area (Å²) in [4.78, 5) is 10.9. The molecular formula is C11H14FNO4. The van der Waals surface area contributed by atoms with Crippen molar-refractivity contribution in [3.63, 3.8) is 0 Å². The highest BCUT2D eigenvalue weighted by molar-refractivity contribution is 5.94. The van der Waals surface area contributed by atoms with Gasteiger partial charge in [-0.15, -0.1) is 0 Å². The molecule has 1 atom stereocenters. The van der Waals surface area contributed by atoms with Crippen molar-refractivity contribution in [3.8, 4) is 0 Å². The average molecular weight is 243 g/mol. The minimum absolute atomic E-state index is 0.181. The zero-order valence-corrected chi connectivity index (χ0v) is 9.31. The Hall–Kier alpha value is -1.66. The number of benzene rings is 1. The lowest BCUT2D eigenvalue weighted by Gasteiger charge is -2.18. The number of hydrogen-bond donors (Lipinski definition) is 3. The first-order valence-electron chi connectivity index (χ1n) is 4.97. The fraction of sp³-hybridized carbons (Fsp3) is 0.364. The van der Waals surface area contributed by atoms with Crippen LogP contribution in [0.15, 0.2) is 18.2 Å². The number of carbonyl (C=O) groups is 1. The Morgan fingerprint density at radius 3 is 2.82 bits per heavy atom. The molecule has 94 valence electrons. The van der Waals surface area contributed by atoms with Crippen molar-refractivity contribution in [2.24, 2.45) is 0 Å². The molecule has 0 saturated carbocycles. The topological polar surface area (TPSA) is 78.8 Å². The zero-order chi connectivity index (χ0) is 12.8. The molecule has 6 heteroatoms. The lowest BCUT2D eigenvalue weighted by molar-refractivity contribution is 0.0697. The zero-order valence-electron chi connectivity index (χ0n) is 9.31. The smallest absolute Gasteiger partial charge is 0.337 e. The third kappa shape index (κ3) is 3.69. The number of nitrogens with one attached hydrogen (secondary N) is 1. The SMILES string of the molecule is COCC(CO)Nc1ccc(F)cc1C(=O)O. The van der Waals surface area contributed by atoms with E-state index in [-0.39, 0.29) is 24.5 Å². The predicted octanol–water partition coefficient (Wildman–Crippen LogP) is 0.943. The molecular weight excluding hydrogens is 229 g/mol. The molecule has 0 aliphatic rings. The summed E-state index contributed by atoms with van der Waals surface area (Å²) in [6, 6.07) is 2.95. The maximum atomic E-state index is 12.9. The highest BCUT2D eigenvalue weighted by atomic mass is 19.1. The van der Waals surface area contributed by atoms with Crippen molar-refractivity contribution >= 4 is 11.7 Å². The first-order valence-corrected chi connectivity index (χ1v) is 4.97. The quantitative estimate of drug-likeness (QED) is 0.693. The molecule has 17 heavy (non-hydrogen) atoms. The van der Waals surface area contributed by atoms with E-state index in [9.17, 15) is 9.18 Å². The van der Waals surface area contributed by atoms with Gasteiger partial charge < -0.3 is 20.3 Å². The number of rotatable bonds is 6. The van der Waals surface area contributed by atoms with Crippen molar-refractivity contribution in [1.82, 2.24) is 0 Å². The molecule has 0 radical (unpaired) electrons. The minimum atomic E-state index is -1.24. The molecule has 0 amide bonds. The summed E-state index contributed by atoms with van der Waals surface area (Å²) in [7, 11) is 1.47. The second-order valence-corrected chi connectivity index (χ2v) is 3.47. The van der Waals surface area contributed by atoms with Crippen molar-refractivity contribution < 1.29 is 24.1 Å². The number of hydrogen-bond acceptors (Lipinski definition) is 4. The maximum absolute atomic E-state index is 12.9. The van der Waals surface area contributed by atoms with Crippen molar-refractivity contribution in [2.75, 3.05) is 25.6 Å². The molecule has 5 nitrogen and oxygen atoms in total. The summed E-state index contributed by atoms with van der Waals surface area (Å²) in [5, 5.41) is 20.7. The van der Waals surface area contributed by atoms with Crippen LogP contribution in [0.25, 0.3) is 0 Å². The number of carboxylic acid groups (broad SMARTS) is 1. The number of aliphatic hydroxyl groups is 1. The van der Waals surface area contributed by atoms with Gasteiger partial charge in [-0.1, -0.05) is 0 Å². The van der Waals surface area contributed by atoms with Gasteiger partial charge in [0.2, 0.25) is 0 Å². The number of methoxy groups -OCH3 is 1. The number of aromatic carboxylic acids is 1. The van der Waals surface area contributed by atoms with E-state index >= 15 is 0 Å². The Morgan fingerprint density at radius 2 is 2.29 bits per heavy atom. The van der Waals surface area contributed by atoms with Crippen LogP contribution < -0.4 is 5.32 Å². The highest BCUT2D eigenvalue weighted by Crippen LogP contribution is 2.18. The molecule has 0 aliphatic carbocycles. The van der Waals surface area contributed by atoms with Gasteiger partial charge in [0.1, 0.15) is 5.82 Å². The van der Waals surface area contributed by atoms with Gasteiger partial charge in [-0.05, 0) is 18.2 Å². The van der Waals surface area contributed by atoms with Crippen LogP contribution in [0.5, 0.6) is 0 Å². The monoisotopic (exact) mass is 243 g/mol. The van der Waals surface area contributed by atoms with Crippen molar-refractivity contribution in [2.45, 2.75) is 6.04 Å². The number of anilines is 1. The first kappa shape index (κ1) is 13.4. The second-order valence-electron chi connectivity index (χ2n) is 3.47. The number of aliphatic hydroxyl groups excluding tert-OH is 1. The molecule has 0 fully saturated rings. The van der Waals surface area contributed by atoms with Crippen LogP contribution in [0, 0.1) is 5.82 Å². The summed E-state index contributed by atoms with van der Waals surface area (Å²) in [6.07, 6.45) is 0. The molecule has 1 aromatic rings. The Morgan fingerprint density at radius 1 is 1.59 bits per heavy atom. The molecule has 3 N–H and O–H groups in total. The minimum Gasteiger partial charge on any atom is -0.478 e. The lowest BCUT2D eigenvalue weighted by Crippen LogP contribution is -2.29. The lowest BCUT2D eigenvalue weighted by atomic mass is 10.1. The highest BCUT2D eigenvalue weighted by Gasteiger charge is 2.14. The van der Waals surface area contributed by atoms with Crippen LogP contribution in [-0.2, 0) is 4.74 Å². The molecule has 0 bridgehead atoms.